The predicted molar refractivity (Wildman–Crippen MR) is 127 cm³/mol. The van der Waals surface area contributed by atoms with Gasteiger partial charge in [-0.2, -0.15) is 0 Å². The largest absolute Gasteiger partial charge is 0.496 e. The van der Waals surface area contributed by atoms with Crippen molar-refractivity contribution in [2.75, 3.05) is 7.11 Å². The number of H-pyrrole nitrogens is 1. The number of benzene rings is 3. The number of hydrogen-bond donors (Lipinski definition) is 1. The van der Waals surface area contributed by atoms with E-state index in [0.29, 0.717) is 29.2 Å². The van der Waals surface area contributed by atoms with E-state index in [1.165, 1.54) is 28.9 Å². The van der Waals surface area contributed by atoms with Crippen molar-refractivity contribution in [3.63, 3.8) is 0 Å². The van der Waals surface area contributed by atoms with Gasteiger partial charge in [0, 0.05) is 29.0 Å². The molecular weight excluding hydrogens is 420 g/mol. The van der Waals surface area contributed by atoms with Crippen LogP contribution in [0.1, 0.15) is 18.1 Å². The molecule has 0 atom stereocenters. The molecule has 8 heteroatoms. The van der Waals surface area contributed by atoms with Crippen LogP contribution >= 0.6 is 0 Å². The monoisotopic (exact) mass is 442 g/mol. The number of rotatable bonds is 7. The molecule has 0 aliphatic carbocycles. The Labute approximate surface area is 189 Å². The van der Waals surface area contributed by atoms with Gasteiger partial charge in [-0.25, -0.2) is 4.68 Å². The zero-order chi connectivity index (χ0) is 23.4. The Morgan fingerprint density at radius 1 is 1.03 bits per heavy atom. The van der Waals surface area contributed by atoms with Gasteiger partial charge in [-0.05, 0) is 25.1 Å². The molecule has 8 nitrogen and oxygen atoms in total. The molecule has 166 valence electrons. The Bertz CT molecular complexity index is 1370. The third kappa shape index (κ3) is 4.45. The molecule has 0 saturated heterocycles. The minimum absolute atomic E-state index is 0.0450. The molecule has 0 bridgehead atoms. The molecule has 33 heavy (non-hydrogen) atoms. The molecular formula is C25H22N4O4. The second kappa shape index (κ2) is 9.35. The number of aromatic amines is 1. The number of methoxy groups -OCH3 is 1. The zero-order valence-corrected chi connectivity index (χ0v) is 18.2. The standard InChI is InChI=1S/C25H22N4O4/c1-17(26-16-19-10-6-7-11-22(19)33-2)23-24(18-8-4-3-5-9-18)27-28(25(23)30)20-12-14-21(15-13-20)29(31)32/h3-15,27H,16H2,1-2H3. The van der Waals surface area contributed by atoms with Crippen LogP contribution in [0, 0.1) is 10.1 Å². The van der Waals surface area contributed by atoms with E-state index in [2.05, 4.69) is 10.1 Å². The molecule has 4 aromatic rings. The Balaban J connectivity index is 1.80. The Kier molecular flexibility index (Phi) is 6.17. The van der Waals surface area contributed by atoms with Crippen molar-refractivity contribution in [2.24, 2.45) is 4.99 Å². The molecule has 1 N–H and O–H groups in total. The third-order valence-corrected chi connectivity index (χ3v) is 5.31. The highest BCUT2D eigenvalue weighted by Crippen LogP contribution is 2.23. The van der Waals surface area contributed by atoms with E-state index >= 15 is 0 Å². The zero-order valence-electron chi connectivity index (χ0n) is 18.2. The van der Waals surface area contributed by atoms with Crippen molar-refractivity contribution in [3.8, 4) is 22.7 Å². The second-order valence-corrected chi connectivity index (χ2v) is 7.36. The van der Waals surface area contributed by atoms with Crippen LogP contribution in [0.15, 0.2) is 88.6 Å². The normalized spacial score (nSPS) is 11.4. The van der Waals surface area contributed by atoms with Crippen molar-refractivity contribution in [3.05, 3.63) is 110 Å². The van der Waals surface area contributed by atoms with Crippen LogP contribution in [0.25, 0.3) is 16.9 Å². The van der Waals surface area contributed by atoms with Crippen LogP contribution in [-0.4, -0.2) is 27.5 Å². The number of aromatic nitrogens is 2. The van der Waals surface area contributed by atoms with E-state index in [1.807, 2.05) is 54.6 Å². The van der Waals surface area contributed by atoms with Gasteiger partial charge in [0.15, 0.2) is 0 Å². The number of nitro groups is 1. The third-order valence-electron chi connectivity index (χ3n) is 5.31. The molecule has 0 aliphatic heterocycles. The maximum absolute atomic E-state index is 13.5. The summed E-state index contributed by atoms with van der Waals surface area (Å²) in [6, 6.07) is 22.9. The van der Waals surface area contributed by atoms with Crippen molar-refractivity contribution in [1.29, 1.82) is 0 Å². The van der Waals surface area contributed by atoms with Gasteiger partial charge in [-0.1, -0.05) is 48.5 Å². The van der Waals surface area contributed by atoms with Crippen LogP contribution in [0.3, 0.4) is 0 Å². The summed E-state index contributed by atoms with van der Waals surface area (Å²) in [7, 11) is 1.61. The number of nitro benzene ring substituents is 1. The lowest BCUT2D eigenvalue weighted by molar-refractivity contribution is -0.384. The molecule has 0 fully saturated rings. The summed E-state index contributed by atoms with van der Waals surface area (Å²) in [6.07, 6.45) is 0. The summed E-state index contributed by atoms with van der Waals surface area (Å²) in [4.78, 5) is 28.6. The maximum Gasteiger partial charge on any atom is 0.280 e. The highest BCUT2D eigenvalue weighted by atomic mass is 16.6. The first-order valence-electron chi connectivity index (χ1n) is 10.3. The molecule has 0 amide bonds. The second-order valence-electron chi connectivity index (χ2n) is 7.36. The lowest BCUT2D eigenvalue weighted by atomic mass is 10.1. The first-order chi connectivity index (χ1) is 16.0. The van der Waals surface area contributed by atoms with E-state index in [1.54, 1.807) is 14.0 Å². The smallest absolute Gasteiger partial charge is 0.280 e. The van der Waals surface area contributed by atoms with Gasteiger partial charge < -0.3 is 4.74 Å². The molecule has 1 heterocycles. The van der Waals surface area contributed by atoms with Gasteiger partial charge in [0.25, 0.3) is 11.2 Å². The van der Waals surface area contributed by atoms with Gasteiger partial charge in [0.1, 0.15) is 5.75 Å². The number of ether oxygens (including phenoxy) is 1. The van der Waals surface area contributed by atoms with Crippen LogP contribution in [0.5, 0.6) is 5.75 Å². The van der Waals surface area contributed by atoms with Gasteiger partial charge in [0.2, 0.25) is 0 Å². The van der Waals surface area contributed by atoms with Crippen LogP contribution < -0.4 is 10.3 Å². The topological polar surface area (TPSA) is 103 Å². The van der Waals surface area contributed by atoms with Gasteiger partial charge in [-0.15, -0.1) is 0 Å². The Morgan fingerprint density at radius 2 is 1.70 bits per heavy atom. The number of nitrogens with one attached hydrogen (secondary N) is 1. The molecule has 3 aromatic carbocycles. The summed E-state index contributed by atoms with van der Waals surface area (Å²) in [5, 5.41) is 14.1. The average Bonchev–Trinajstić information content (AvgIpc) is 3.20. The average molecular weight is 442 g/mol. The Morgan fingerprint density at radius 3 is 2.36 bits per heavy atom. The maximum atomic E-state index is 13.5. The summed E-state index contributed by atoms with van der Waals surface area (Å²) < 4.78 is 6.78. The molecule has 4 rings (SSSR count). The molecule has 0 saturated carbocycles. The number of hydrogen-bond acceptors (Lipinski definition) is 5. The van der Waals surface area contributed by atoms with E-state index in [4.69, 9.17) is 4.74 Å². The molecule has 0 spiro atoms. The number of non-ortho nitro benzene ring substituents is 1. The highest BCUT2D eigenvalue weighted by Gasteiger charge is 2.19. The lowest BCUT2D eigenvalue weighted by Gasteiger charge is -2.06. The molecule has 0 radical (unpaired) electrons. The fourth-order valence-corrected chi connectivity index (χ4v) is 3.61. The molecule has 1 aromatic heterocycles. The van der Waals surface area contributed by atoms with Crippen molar-refractivity contribution >= 4 is 11.4 Å². The van der Waals surface area contributed by atoms with Crippen LogP contribution in [-0.2, 0) is 6.54 Å². The fraction of sp³-hybridized carbons (Fsp3) is 0.120. The number of nitrogens with zero attached hydrogens (tertiary/aromatic N) is 3. The van der Waals surface area contributed by atoms with E-state index < -0.39 is 4.92 Å². The van der Waals surface area contributed by atoms with Gasteiger partial charge in [-0.3, -0.25) is 25.0 Å². The fourth-order valence-electron chi connectivity index (χ4n) is 3.61. The number of para-hydroxylation sites is 1. The Hall–Kier alpha value is -4.46. The van der Waals surface area contributed by atoms with E-state index in [-0.39, 0.29) is 11.2 Å². The minimum Gasteiger partial charge on any atom is -0.496 e. The predicted octanol–water partition coefficient (Wildman–Crippen LogP) is 4.76. The minimum atomic E-state index is -0.475. The SMILES string of the molecule is COc1ccccc1CN=C(C)c1c(-c2ccccc2)[nH]n(-c2ccc([N+](=O)[O-])cc2)c1=O. The van der Waals surface area contributed by atoms with E-state index in [9.17, 15) is 14.9 Å². The summed E-state index contributed by atoms with van der Waals surface area (Å²) in [5.41, 5.74) is 3.53. The first-order valence-corrected chi connectivity index (χ1v) is 10.3. The highest BCUT2D eigenvalue weighted by molar-refractivity contribution is 6.03. The number of aliphatic imine (C=N–C) groups is 1. The van der Waals surface area contributed by atoms with Crippen molar-refractivity contribution in [1.82, 2.24) is 9.78 Å². The molecule has 0 aliphatic rings. The molecule has 0 unspecified atom stereocenters. The quantitative estimate of drug-likeness (QED) is 0.253. The first kappa shape index (κ1) is 21.8. The van der Waals surface area contributed by atoms with E-state index in [0.717, 1.165) is 16.9 Å². The summed E-state index contributed by atoms with van der Waals surface area (Å²) in [5.74, 6) is 0.731. The van der Waals surface area contributed by atoms with Gasteiger partial charge in [0.05, 0.1) is 35.5 Å². The summed E-state index contributed by atoms with van der Waals surface area (Å²) >= 11 is 0. The van der Waals surface area contributed by atoms with Gasteiger partial charge >= 0.3 is 0 Å². The van der Waals surface area contributed by atoms with Crippen LogP contribution in [0.2, 0.25) is 0 Å². The van der Waals surface area contributed by atoms with Crippen molar-refractivity contribution in [2.45, 2.75) is 13.5 Å². The lowest BCUT2D eigenvalue weighted by Crippen LogP contribution is -2.19. The van der Waals surface area contributed by atoms with Crippen molar-refractivity contribution < 1.29 is 9.66 Å². The summed E-state index contributed by atoms with van der Waals surface area (Å²) in [6.45, 7) is 2.15. The van der Waals surface area contributed by atoms with Crippen LogP contribution in [0.4, 0.5) is 5.69 Å².